The number of nitrogens with zero attached hydrogens (tertiary/aromatic N) is 1. The van der Waals surface area contributed by atoms with Crippen molar-refractivity contribution in [2.24, 2.45) is 0 Å². The molecule has 1 aromatic rings. The monoisotopic (exact) mass is 486 g/mol. The van der Waals surface area contributed by atoms with Crippen molar-refractivity contribution in [1.29, 1.82) is 0 Å². The summed E-state index contributed by atoms with van der Waals surface area (Å²) >= 11 is 0. The smallest absolute Gasteiger partial charge is 0.214 e. The fraction of sp³-hybridized carbons (Fsp3) is 0.560. The molecule has 0 atom stereocenters. The number of hydrogen-bond donors (Lipinski definition) is 1. The summed E-state index contributed by atoms with van der Waals surface area (Å²) in [6.45, 7) is 8.58. The Balaban J connectivity index is 0.000000774. The standard InChI is InChI=1S/C16H25FN2O2S.C5H9F.C4H6O/c1-3-12-22(20,21)19-10-8-16(9-11-19,13-18-2)14-6-4-5-7-15(14)17;1-3-4-5(2)6;1-2-3-4-5/h4-7,18H,3,8-13H2,1-2H3;4H,3H2,1-2H3;2-4H,1H3/b;5-4+;3-2+. The normalized spacial score (nSPS) is 16.4. The zero-order chi connectivity index (χ0) is 25.3. The van der Waals surface area contributed by atoms with Crippen LogP contribution in [-0.4, -0.2) is 51.4 Å². The van der Waals surface area contributed by atoms with Crippen molar-refractivity contribution in [3.05, 3.63) is 59.7 Å². The number of aldehydes is 1. The Hall–Kier alpha value is -1.90. The van der Waals surface area contributed by atoms with Crippen LogP contribution in [0.5, 0.6) is 0 Å². The van der Waals surface area contributed by atoms with Gasteiger partial charge in [-0.1, -0.05) is 44.2 Å². The highest BCUT2D eigenvalue weighted by Gasteiger charge is 2.40. The van der Waals surface area contributed by atoms with Crippen molar-refractivity contribution in [1.82, 2.24) is 9.62 Å². The molecule has 8 heteroatoms. The Morgan fingerprint density at radius 3 is 2.18 bits per heavy atom. The minimum Gasteiger partial charge on any atom is -0.319 e. The first-order chi connectivity index (χ1) is 15.6. The summed E-state index contributed by atoms with van der Waals surface area (Å²) in [6, 6.07) is 6.83. The molecule has 1 aliphatic heterocycles. The van der Waals surface area contributed by atoms with Crippen LogP contribution in [-0.2, 0) is 20.2 Å². The molecule has 0 amide bonds. The largest absolute Gasteiger partial charge is 0.319 e. The van der Waals surface area contributed by atoms with Crippen molar-refractivity contribution < 1.29 is 22.0 Å². The molecule has 5 nitrogen and oxygen atoms in total. The Morgan fingerprint density at radius 2 is 1.82 bits per heavy atom. The van der Waals surface area contributed by atoms with Crippen molar-refractivity contribution in [2.75, 3.05) is 32.4 Å². The lowest BCUT2D eigenvalue weighted by Crippen LogP contribution is -2.49. The number of benzene rings is 1. The van der Waals surface area contributed by atoms with Gasteiger partial charge in [-0.3, -0.25) is 4.79 Å². The van der Waals surface area contributed by atoms with E-state index >= 15 is 0 Å². The Kier molecular flexibility index (Phi) is 15.7. The zero-order valence-corrected chi connectivity index (χ0v) is 21.4. The van der Waals surface area contributed by atoms with E-state index in [1.807, 2.05) is 33.0 Å². The summed E-state index contributed by atoms with van der Waals surface area (Å²) in [4.78, 5) is 9.32. The fourth-order valence-corrected chi connectivity index (χ4v) is 5.22. The van der Waals surface area contributed by atoms with E-state index in [2.05, 4.69) is 5.32 Å². The van der Waals surface area contributed by atoms with Gasteiger partial charge in [0.25, 0.3) is 0 Å². The van der Waals surface area contributed by atoms with E-state index in [-0.39, 0.29) is 22.8 Å². The van der Waals surface area contributed by atoms with Crippen LogP contribution in [0.4, 0.5) is 8.78 Å². The minimum atomic E-state index is -3.17. The number of piperidine rings is 1. The van der Waals surface area contributed by atoms with Crippen LogP contribution in [0.1, 0.15) is 58.9 Å². The molecule has 1 fully saturated rings. The number of hydrogen-bond acceptors (Lipinski definition) is 4. The van der Waals surface area contributed by atoms with E-state index in [9.17, 15) is 22.0 Å². The van der Waals surface area contributed by atoms with E-state index in [0.717, 1.165) is 12.7 Å². The molecule has 0 bridgehead atoms. The molecule has 0 aromatic heterocycles. The van der Waals surface area contributed by atoms with Crippen molar-refractivity contribution in [2.45, 2.75) is 58.8 Å². The number of likely N-dealkylation sites (N-methyl/N-ethyl adjacent to an activating group) is 1. The van der Waals surface area contributed by atoms with Crippen LogP contribution in [0, 0.1) is 5.82 Å². The number of nitrogens with one attached hydrogen (secondary N) is 1. The second-order valence-corrected chi connectivity index (χ2v) is 9.96. The quantitative estimate of drug-likeness (QED) is 0.408. The van der Waals surface area contributed by atoms with Crippen LogP contribution >= 0.6 is 0 Å². The fourth-order valence-electron chi connectivity index (χ4n) is 3.71. The molecule has 0 spiro atoms. The third-order valence-electron chi connectivity index (χ3n) is 5.25. The summed E-state index contributed by atoms with van der Waals surface area (Å²) in [5.41, 5.74) is 0.357. The number of halogens is 2. The topological polar surface area (TPSA) is 66.5 Å². The summed E-state index contributed by atoms with van der Waals surface area (Å²) < 4.78 is 51.7. The summed E-state index contributed by atoms with van der Waals surface area (Å²) in [7, 11) is -1.32. The van der Waals surface area contributed by atoms with Crippen LogP contribution < -0.4 is 5.32 Å². The van der Waals surface area contributed by atoms with Crippen molar-refractivity contribution in [3.63, 3.8) is 0 Å². The molecule has 1 N–H and O–H groups in total. The molecule has 1 saturated heterocycles. The second-order valence-electron chi connectivity index (χ2n) is 7.87. The van der Waals surface area contributed by atoms with Crippen LogP contribution in [0.15, 0.2) is 48.3 Å². The average Bonchev–Trinajstić information content (AvgIpc) is 2.76. The molecule has 0 unspecified atom stereocenters. The van der Waals surface area contributed by atoms with Gasteiger partial charge in [-0.2, -0.15) is 0 Å². The predicted molar refractivity (Wildman–Crippen MR) is 133 cm³/mol. The maximum atomic E-state index is 14.2. The van der Waals surface area contributed by atoms with Gasteiger partial charge in [-0.25, -0.2) is 21.5 Å². The lowest BCUT2D eigenvalue weighted by atomic mass is 9.73. The molecule has 2 rings (SSSR count). The van der Waals surface area contributed by atoms with Gasteiger partial charge in [0.15, 0.2) is 0 Å². The minimum absolute atomic E-state index is 0.0856. The molecule has 1 aromatic carbocycles. The van der Waals surface area contributed by atoms with Gasteiger partial charge in [0.05, 0.1) is 11.6 Å². The van der Waals surface area contributed by atoms with E-state index in [0.29, 0.717) is 44.5 Å². The van der Waals surface area contributed by atoms with Gasteiger partial charge in [0.2, 0.25) is 10.0 Å². The van der Waals surface area contributed by atoms with E-state index in [1.54, 1.807) is 29.4 Å². The summed E-state index contributed by atoms with van der Waals surface area (Å²) in [6.07, 6.45) is 8.11. The Bertz CT molecular complexity index is 843. The number of rotatable bonds is 8. The molecule has 1 aliphatic rings. The predicted octanol–water partition coefficient (Wildman–Crippen LogP) is 5.15. The highest BCUT2D eigenvalue weighted by Crippen LogP contribution is 2.37. The SMILES string of the molecule is C/C=C/C=O.CC/C=C(\C)F.CCCS(=O)(=O)N1CCC(CNC)(c2ccccc2F)CC1. The lowest BCUT2D eigenvalue weighted by Gasteiger charge is -2.41. The Labute approximate surface area is 199 Å². The summed E-state index contributed by atoms with van der Waals surface area (Å²) in [5.74, 6) is -0.105. The molecule has 188 valence electrons. The second kappa shape index (κ2) is 16.7. The zero-order valence-electron chi connectivity index (χ0n) is 20.6. The third kappa shape index (κ3) is 11.2. The van der Waals surface area contributed by atoms with E-state index in [1.165, 1.54) is 19.1 Å². The van der Waals surface area contributed by atoms with Gasteiger partial charge in [-0.05, 0) is 64.3 Å². The highest BCUT2D eigenvalue weighted by atomic mass is 32.2. The molecule has 0 aliphatic carbocycles. The van der Waals surface area contributed by atoms with Gasteiger partial charge in [0.1, 0.15) is 12.1 Å². The molecular weight excluding hydrogens is 446 g/mol. The highest BCUT2D eigenvalue weighted by molar-refractivity contribution is 7.89. The average molecular weight is 487 g/mol. The van der Waals surface area contributed by atoms with Crippen LogP contribution in [0.2, 0.25) is 0 Å². The van der Waals surface area contributed by atoms with Crippen LogP contribution in [0.25, 0.3) is 0 Å². The van der Waals surface area contributed by atoms with Gasteiger partial charge >= 0.3 is 0 Å². The first kappa shape index (κ1) is 31.1. The number of carbonyl (C=O) groups is 1. The molecule has 1 heterocycles. The van der Waals surface area contributed by atoms with Crippen molar-refractivity contribution >= 4 is 16.3 Å². The first-order valence-electron chi connectivity index (χ1n) is 11.4. The van der Waals surface area contributed by atoms with Crippen molar-refractivity contribution in [3.8, 4) is 0 Å². The lowest BCUT2D eigenvalue weighted by molar-refractivity contribution is -0.104. The maximum Gasteiger partial charge on any atom is 0.214 e. The maximum absolute atomic E-state index is 14.2. The van der Waals surface area contributed by atoms with Gasteiger partial charge < -0.3 is 5.32 Å². The van der Waals surface area contributed by atoms with E-state index in [4.69, 9.17) is 0 Å². The number of carbonyl (C=O) groups excluding carboxylic acids is 1. The molecule has 33 heavy (non-hydrogen) atoms. The number of allylic oxidation sites excluding steroid dienone is 4. The molecular formula is C25H40F2N2O3S. The molecule has 0 saturated carbocycles. The first-order valence-corrected chi connectivity index (χ1v) is 13.0. The Morgan fingerprint density at radius 1 is 1.21 bits per heavy atom. The third-order valence-corrected chi connectivity index (χ3v) is 7.33. The van der Waals surface area contributed by atoms with Crippen LogP contribution in [0.3, 0.4) is 0 Å². The number of sulfonamides is 1. The summed E-state index contributed by atoms with van der Waals surface area (Å²) in [5, 5.41) is 3.15. The van der Waals surface area contributed by atoms with Gasteiger partial charge in [-0.15, -0.1) is 0 Å². The van der Waals surface area contributed by atoms with E-state index < -0.39 is 10.0 Å². The molecule has 0 radical (unpaired) electrons. The van der Waals surface area contributed by atoms with Gasteiger partial charge in [0, 0.05) is 25.0 Å².